The molecule has 12 heavy (non-hydrogen) atoms. The SMILES string of the molecule is COC(=O)C1(C(C)(C)O)CC1C. The molecule has 1 rings (SSSR count). The van der Waals surface area contributed by atoms with E-state index in [-0.39, 0.29) is 11.9 Å². The molecular weight excluding hydrogens is 156 g/mol. The molecule has 1 saturated carbocycles. The van der Waals surface area contributed by atoms with Crippen molar-refractivity contribution in [2.45, 2.75) is 32.8 Å². The first-order chi connectivity index (χ1) is 5.36. The Morgan fingerprint density at radius 2 is 2.08 bits per heavy atom. The van der Waals surface area contributed by atoms with Crippen molar-refractivity contribution in [2.75, 3.05) is 7.11 Å². The van der Waals surface area contributed by atoms with Crippen LogP contribution in [-0.4, -0.2) is 23.8 Å². The Hall–Kier alpha value is -0.570. The first-order valence-corrected chi connectivity index (χ1v) is 4.17. The van der Waals surface area contributed by atoms with Crippen molar-refractivity contribution in [1.29, 1.82) is 0 Å². The molecule has 0 amide bonds. The lowest BCUT2D eigenvalue weighted by Crippen LogP contribution is -2.40. The van der Waals surface area contributed by atoms with Gasteiger partial charge in [0, 0.05) is 0 Å². The van der Waals surface area contributed by atoms with E-state index in [1.54, 1.807) is 13.8 Å². The number of esters is 1. The number of carbonyl (C=O) groups excluding carboxylic acids is 1. The number of aliphatic hydroxyl groups is 1. The topological polar surface area (TPSA) is 46.5 Å². The van der Waals surface area contributed by atoms with E-state index in [1.165, 1.54) is 7.11 Å². The van der Waals surface area contributed by atoms with Crippen molar-refractivity contribution >= 4 is 5.97 Å². The van der Waals surface area contributed by atoms with Crippen molar-refractivity contribution in [1.82, 2.24) is 0 Å². The second kappa shape index (κ2) is 2.46. The molecule has 0 aromatic heterocycles. The van der Waals surface area contributed by atoms with Crippen LogP contribution in [0.15, 0.2) is 0 Å². The molecule has 0 radical (unpaired) electrons. The number of hydrogen-bond donors (Lipinski definition) is 1. The molecule has 2 atom stereocenters. The molecule has 0 aliphatic heterocycles. The lowest BCUT2D eigenvalue weighted by molar-refractivity contribution is -0.158. The lowest BCUT2D eigenvalue weighted by Gasteiger charge is -2.27. The summed E-state index contributed by atoms with van der Waals surface area (Å²) >= 11 is 0. The van der Waals surface area contributed by atoms with Crippen LogP contribution in [0.1, 0.15) is 27.2 Å². The Labute approximate surface area is 72.7 Å². The fourth-order valence-electron chi connectivity index (χ4n) is 1.99. The maximum atomic E-state index is 11.4. The maximum absolute atomic E-state index is 11.4. The molecule has 0 aromatic rings. The standard InChI is InChI=1S/C9H16O3/c1-6-5-9(6,7(10)12-4)8(2,3)11/h6,11H,5H2,1-4H3. The molecule has 0 bridgehead atoms. The van der Waals surface area contributed by atoms with Crippen LogP contribution < -0.4 is 0 Å². The van der Waals surface area contributed by atoms with Crippen molar-refractivity contribution < 1.29 is 14.6 Å². The van der Waals surface area contributed by atoms with Gasteiger partial charge < -0.3 is 9.84 Å². The van der Waals surface area contributed by atoms with Crippen LogP contribution in [0.5, 0.6) is 0 Å². The minimum absolute atomic E-state index is 0.227. The number of ether oxygens (including phenoxy) is 1. The summed E-state index contributed by atoms with van der Waals surface area (Å²) in [5, 5.41) is 9.78. The molecule has 3 heteroatoms. The largest absolute Gasteiger partial charge is 0.469 e. The van der Waals surface area contributed by atoms with Crippen molar-refractivity contribution in [3.63, 3.8) is 0 Å². The highest BCUT2D eigenvalue weighted by molar-refractivity contribution is 5.82. The third kappa shape index (κ3) is 1.04. The van der Waals surface area contributed by atoms with Crippen LogP contribution in [0.25, 0.3) is 0 Å². The van der Waals surface area contributed by atoms with E-state index < -0.39 is 11.0 Å². The highest BCUT2D eigenvalue weighted by atomic mass is 16.5. The van der Waals surface area contributed by atoms with Gasteiger partial charge in [0.2, 0.25) is 0 Å². The van der Waals surface area contributed by atoms with Crippen LogP contribution >= 0.6 is 0 Å². The summed E-state index contributed by atoms with van der Waals surface area (Å²) in [4.78, 5) is 11.4. The summed E-state index contributed by atoms with van der Waals surface area (Å²) in [5.74, 6) is -0.0625. The summed E-state index contributed by atoms with van der Waals surface area (Å²) in [6.45, 7) is 5.27. The van der Waals surface area contributed by atoms with Gasteiger partial charge >= 0.3 is 5.97 Å². The van der Waals surface area contributed by atoms with E-state index in [4.69, 9.17) is 0 Å². The zero-order valence-corrected chi connectivity index (χ0v) is 8.05. The van der Waals surface area contributed by atoms with E-state index in [1.807, 2.05) is 6.92 Å². The summed E-state index contributed by atoms with van der Waals surface area (Å²) in [5.41, 5.74) is -1.62. The number of methoxy groups -OCH3 is 1. The fraction of sp³-hybridized carbons (Fsp3) is 0.889. The predicted octanol–water partition coefficient (Wildman–Crippen LogP) is 0.956. The van der Waals surface area contributed by atoms with Gasteiger partial charge in [0.1, 0.15) is 0 Å². The molecule has 70 valence electrons. The summed E-state index contributed by atoms with van der Waals surface area (Å²) < 4.78 is 4.68. The smallest absolute Gasteiger partial charge is 0.314 e. The maximum Gasteiger partial charge on any atom is 0.314 e. The van der Waals surface area contributed by atoms with E-state index in [2.05, 4.69) is 4.74 Å². The summed E-state index contributed by atoms with van der Waals surface area (Å²) in [6.07, 6.45) is 0.725. The van der Waals surface area contributed by atoms with Gasteiger partial charge in [-0.2, -0.15) is 0 Å². The molecule has 1 aliphatic carbocycles. The predicted molar refractivity (Wildman–Crippen MR) is 44.5 cm³/mol. The van der Waals surface area contributed by atoms with E-state index >= 15 is 0 Å². The average molecular weight is 172 g/mol. The van der Waals surface area contributed by atoms with Gasteiger partial charge in [-0.05, 0) is 26.2 Å². The van der Waals surface area contributed by atoms with E-state index in [9.17, 15) is 9.90 Å². The average Bonchev–Trinajstić information content (AvgIpc) is 2.60. The first-order valence-electron chi connectivity index (χ1n) is 4.17. The zero-order valence-electron chi connectivity index (χ0n) is 8.05. The third-order valence-corrected chi connectivity index (χ3v) is 2.95. The highest BCUT2D eigenvalue weighted by Crippen LogP contribution is 2.59. The van der Waals surface area contributed by atoms with Crippen molar-refractivity contribution in [3.8, 4) is 0 Å². The Bertz CT molecular complexity index is 204. The molecule has 0 spiro atoms. The number of rotatable bonds is 2. The third-order valence-electron chi connectivity index (χ3n) is 2.95. The molecule has 0 heterocycles. The van der Waals surface area contributed by atoms with Gasteiger partial charge in [-0.25, -0.2) is 0 Å². The monoisotopic (exact) mass is 172 g/mol. The molecule has 2 unspecified atom stereocenters. The van der Waals surface area contributed by atoms with Gasteiger partial charge in [0.05, 0.1) is 18.1 Å². The van der Waals surface area contributed by atoms with Gasteiger partial charge in [-0.15, -0.1) is 0 Å². The number of carbonyl (C=O) groups is 1. The normalized spacial score (nSPS) is 34.6. The molecule has 3 nitrogen and oxygen atoms in total. The van der Waals surface area contributed by atoms with E-state index in [0.717, 1.165) is 6.42 Å². The molecule has 1 fully saturated rings. The Balaban J connectivity index is 2.87. The van der Waals surface area contributed by atoms with Crippen molar-refractivity contribution in [2.24, 2.45) is 11.3 Å². The first kappa shape index (κ1) is 9.52. The van der Waals surface area contributed by atoms with Gasteiger partial charge in [0.25, 0.3) is 0 Å². The summed E-state index contributed by atoms with van der Waals surface area (Å²) in [6, 6.07) is 0. The Kier molecular flexibility index (Phi) is 1.95. The minimum atomic E-state index is -0.973. The minimum Gasteiger partial charge on any atom is -0.469 e. The molecule has 0 aromatic carbocycles. The van der Waals surface area contributed by atoms with Crippen LogP contribution in [0, 0.1) is 11.3 Å². The highest BCUT2D eigenvalue weighted by Gasteiger charge is 2.66. The van der Waals surface area contributed by atoms with Gasteiger partial charge in [-0.3, -0.25) is 4.79 Å². The quantitative estimate of drug-likeness (QED) is 0.631. The van der Waals surface area contributed by atoms with E-state index in [0.29, 0.717) is 0 Å². The molecular formula is C9H16O3. The molecule has 0 saturated heterocycles. The van der Waals surface area contributed by atoms with Crippen LogP contribution in [-0.2, 0) is 9.53 Å². The van der Waals surface area contributed by atoms with Crippen LogP contribution in [0.4, 0.5) is 0 Å². The Morgan fingerprint density at radius 1 is 1.67 bits per heavy atom. The van der Waals surface area contributed by atoms with Gasteiger partial charge in [-0.1, -0.05) is 6.92 Å². The van der Waals surface area contributed by atoms with Crippen molar-refractivity contribution in [3.05, 3.63) is 0 Å². The molecule has 1 aliphatic rings. The second-order valence-corrected chi connectivity index (χ2v) is 4.13. The second-order valence-electron chi connectivity index (χ2n) is 4.13. The Morgan fingerprint density at radius 3 is 2.17 bits per heavy atom. The lowest BCUT2D eigenvalue weighted by atomic mass is 9.85. The van der Waals surface area contributed by atoms with Crippen LogP contribution in [0.3, 0.4) is 0 Å². The summed E-state index contributed by atoms with van der Waals surface area (Å²) in [7, 11) is 1.36. The van der Waals surface area contributed by atoms with Gasteiger partial charge in [0.15, 0.2) is 0 Å². The molecule has 1 N–H and O–H groups in total. The van der Waals surface area contributed by atoms with Crippen LogP contribution in [0.2, 0.25) is 0 Å². The number of hydrogen-bond acceptors (Lipinski definition) is 3. The zero-order chi connectivity index (χ0) is 9.57. The fourth-order valence-corrected chi connectivity index (χ4v) is 1.99.